The Bertz CT molecular complexity index is 770. The van der Waals surface area contributed by atoms with Crippen molar-refractivity contribution in [3.63, 3.8) is 0 Å². The predicted octanol–water partition coefficient (Wildman–Crippen LogP) is 1.31. The van der Waals surface area contributed by atoms with Gasteiger partial charge in [-0.2, -0.15) is 0 Å². The lowest BCUT2D eigenvalue weighted by Gasteiger charge is -2.18. The number of pyridine rings is 1. The number of benzene rings is 1. The van der Waals surface area contributed by atoms with Crippen LogP contribution in [0, 0.1) is 6.92 Å². The van der Waals surface area contributed by atoms with E-state index in [9.17, 15) is 13.2 Å². The number of sulfonamides is 1. The first kappa shape index (κ1) is 15.1. The first-order valence-electron chi connectivity index (χ1n) is 6.13. The standard InChI is InChI=1S/C14H15N3O3S/c1-10-4-3-9-16-13(10)14(18)17(2)11-5-7-12(8-6-11)21(15,19)20/h3-9H,1-2H3,(H2,15,19,20). The van der Waals surface area contributed by atoms with Gasteiger partial charge in [-0.1, -0.05) is 6.07 Å². The van der Waals surface area contributed by atoms with Crippen LogP contribution in [-0.4, -0.2) is 26.4 Å². The van der Waals surface area contributed by atoms with Gasteiger partial charge in [0.15, 0.2) is 0 Å². The number of carbonyl (C=O) groups excluding carboxylic acids is 1. The van der Waals surface area contributed by atoms with Crippen LogP contribution >= 0.6 is 0 Å². The Labute approximate surface area is 123 Å². The third-order valence-corrected chi connectivity index (χ3v) is 4.00. The molecule has 2 N–H and O–H groups in total. The molecule has 1 heterocycles. The van der Waals surface area contributed by atoms with Crippen molar-refractivity contribution in [2.75, 3.05) is 11.9 Å². The zero-order valence-electron chi connectivity index (χ0n) is 11.6. The molecule has 0 aliphatic heterocycles. The van der Waals surface area contributed by atoms with E-state index >= 15 is 0 Å². The quantitative estimate of drug-likeness (QED) is 0.925. The summed E-state index contributed by atoms with van der Waals surface area (Å²) in [6.45, 7) is 1.80. The van der Waals surface area contributed by atoms with Gasteiger partial charge in [0.25, 0.3) is 5.91 Å². The summed E-state index contributed by atoms with van der Waals surface area (Å²) in [6.07, 6.45) is 1.55. The number of amides is 1. The monoisotopic (exact) mass is 305 g/mol. The van der Waals surface area contributed by atoms with Crippen molar-refractivity contribution in [1.82, 2.24) is 4.98 Å². The molecule has 0 bridgehead atoms. The molecule has 1 amide bonds. The van der Waals surface area contributed by atoms with Gasteiger partial charge >= 0.3 is 0 Å². The molecule has 0 unspecified atom stereocenters. The van der Waals surface area contributed by atoms with Gasteiger partial charge in [-0.25, -0.2) is 13.6 Å². The summed E-state index contributed by atoms with van der Waals surface area (Å²) < 4.78 is 22.4. The van der Waals surface area contributed by atoms with Crippen LogP contribution in [-0.2, 0) is 10.0 Å². The molecule has 0 fully saturated rings. The number of aromatic nitrogens is 1. The third-order valence-electron chi connectivity index (χ3n) is 3.07. The van der Waals surface area contributed by atoms with E-state index in [0.29, 0.717) is 11.4 Å². The summed E-state index contributed by atoms with van der Waals surface area (Å²) in [6, 6.07) is 9.33. The largest absolute Gasteiger partial charge is 0.310 e. The number of anilines is 1. The lowest BCUT2D eigenvalue weighted by Crippen LogP contribution is -2.27. The SMILES string of the molecule is Cc1cccnc1C(=O)N(C)c1ccc(S(N)(=O)=O)cc1. The predicted molar refractivity (Wildman–Crippen MR) is 79.5 cm³/mol. The number of hydrogen-bond acceptors (Lipinski definition) is 4. The van der Waals surface area contributed by atoms with E-state index < -0.39 is 10.0 Å². The van der Waals surface area contributed by atoms with Crippen molar-refractivity contribution in [3.8, 4) is 0 Å². The van der Waals surface area contributed by atoms with Crippen molar-refractivity contribution in [2.24, 2.45) is 5.14 Å². The molecule has 7 heteroatoms. The molecular formula is C14H15N3O3S. The minimum absolute atomic E-state index is 0.00103. The van der Waals surface area contributed by atoms with Gasteiger partial charge in [0.05, 0.1) is 4.90 Å². The highest BCUT2D eigenvalue weighted by Gasteiger charge is 2.17. The van der Waals surface area contributed by atoms with Crippen LogP contribution in [0.5, 0.6) is 0 Å². The topological polar surface area (TPSA) is 93.4 Å². The van der Waals surface area contributed by atoms with E-state index in [4.69, 9.17) is 5.14 Å². The maximum atomic E-state index is 12.4. The average Bonchev–Trinajstić information content (AvgIpc) is 2.45. The highest BCUT2D eigenvalue weighted by molar-refractivity contribution is 7.89. The summed E-state index contributed by atoms with van der Waals surface area (Å²) in [5.74, 6) is -0.267. The summed E-state index contributed by atoms with van der Waals surface area (Å²) in [5, 5.41) is 5.04. The molecule has 2 aromatic rings. The van der Waals surface area contributed by atoms with Crippen molar-refractivity contribution >= 4 is 21.6 Å². The molecule has 0 aliphatic rings. The Hall–Kier alpha value is -2.25. The lowest BCUT2D eigenvalue weighted by molar-refractivity contribution is 0.0987. The van der Waals surface area contributed by atoms with E-state index in [-0.39, 0.29) is 10.8 Å². The second kappa shape index (κ2) is 5.63. The molecule has 2 rings (SSSR count). The number of nitrogens with zero attached hydrogens (tertiary/aromatic N) is 2. The maximum Gasteiger partial charge on any atom is 0.276 e. The molecular weight excluding hydrogens is 290 g/mol. The molecule has 0 saturated heterocycles. The van der Waals surface area contributed by atoms with E-state index in [1.54, 1.807) is 32.3 Å². The summed E-state index contributed by atoms with van der Waals surface area (Å²) in [5.41, 5.74) is 1.68. The molecule has 110 valence electrons. The third kappa shape index (κ3) is 3.26. The van der Waals surface area contributed by atoms with Gasteiger partial charge in [0, 0.05) is 18.9 Å². The Morgan fingerprint density at radius 3 is 2.33 bits per heavy atom. The smallest absolute Gasteiger partial charge is 0.276 e. The number of nitrogens with two attached hydrogens (primary N) is 1. The molecule has 0 atom stereocenters. The van der Waals surface area contributed by atoms with Crippen molar-refractivity contribution in [1.29, 1.82) is 0 Å². The lowest BCUT2D eigenvalue weighted by atomic mass is 10.2. The minimum atomic E-state index is -3.74. The van der Waals surface area contributed by atoms with E-state index in [0.717, 1.165) is 5.56 Å². The molecule has 0 radical (unpaired) electrons. The Morgan fingerprint density at radius 1 is 1.19 bits per heavy atom. The highest BCUT2D eigenvalue weighted by Crippen LogP contribution is 2.18. The molecule has 6 nitrogen and oxygen atoms in total. The van der Waals surface area contributed by atoms with Crippen LogP contribution in [0.4, 0.5) is 5.69 Å². The van der Waals surface area contributed by atoms with Crippen LogP contribution in [0.1, 0.15) is 16.1 Å². The fourth-order valence-corrected chi connectivity index (χ4v) is 2.36. The molecule has 1 aromatic carbocycles. The number of aryl methyl sites for hydroxylation is 1. The fraction of sp³-hybridized carbons (Fsp3) is 0.143. The number of primary sulfonamides is 1. The Morgan fingerprint density at radius 2 is 1.81 bits per heavy atom. The molecule has 0 spiro atoms. The molecule has 1 aromatic heterocycles. The minimum Gasteiger partial charge on any atom is -0.310 e. The number of carbonyl (C=O) groups is 1. The van der Waals surface area contributed by atoms with Gasteiger partial charge in [0.1, 0.15) is 5.69 Å². The second-order valence-corrected chi connectivity index (χ2v) is 6.13. The molecule has 0 aliphatic carbocycles. The zero-order valence-corrected chi connectivity index (χ0v) is 12.5. The normalized spacial score (nSPS) is 11.2. The summed E-state index contributed by atoms with van der Waals surface area (Å²) in [7, 11) is -2.14. The maximum absolute atomic E-state index is 12.4. The fourth-order valence-electron chi connectivity index (χ4n) is 1.85. The van der Waals surface area contributed by atoms with Crippen molar-refractivity contribution in [2.45, 2.75) is 11.8 Å². The van der Waals surface area contributed by atoms with Gasteiger partial charge < -0.3 is 4.90 Å². The van der Waals surface area contributed by atoms with Crippen molar-refractivity contribution in [3.05, 3.63) is 53.9 Å². The van der Waals surface area contributed by atoms with Gasteiger partial charge in [0.2, 0.25) is 10.0 Å². The summed E-state index contributed by atoms with van der Waals surface area (Å²) in [4.78, 5) is 17.8. The Balaban J connectivity index is 2.30. The van der Waals surface area contributed by atoms with Gasteiger partial charge in [-0.15, -0.1) is 0 Å². The average molecular weight is 305 g/mol. The van der Waals surface area contributed by atoms with E-state index in [1.165, 1.54) is 29.2 Å². The highest BCUT2D eigenvalue weighted by atomic mass is 32.2. The molecule has 21 heavy (non-hydrogen) atoms. The second-order valence-electron chi connectivity index (χ2n) is 4.57. The van der Waals surface area contributed by atoms with Crippen LogP contribution in [0.2, 0.25) is 0 Å². The molecule has 0 saturated carbocycles. The number of rotatable bonds is 3. The van der Waals surface area contributed by atoms with Crippen LogP contribution in [0.15, 0.2) is 47.5 Å². The van der Waals surface area contributed by atoms with Crippen LogP contribution in [0.25, 0.3) is 0 Å². The first-order chi connectivity index (χ1) is 9.80. The van der Waals surface area contributed by atoms with Crippen LogP contribution < -0.4 is 10.0 Å². The van der Waals surface area contributed by atoms with Crippen molar-refractivity contribution < 1.29 is 13.2 Å². The number of hydrogen-bond donors (Lipinski definition) is 1. The summed E-state index contributed by atoms with van der Waals surface area (Å²) >= 11 is 0. The van der Waals surface area contributed by atoms with E-state index in [1.807, 2.05) is 0 Å². The van der Waals surface area contributed by atoms with Gasteiger partial charge in [-0.05, 0) is 42.8 Å². The zero-order chi connectivity index (χ0) is 15.6. The first-order valence-corrected chi connectivity index (χ1v) is 7.68. The van der Waals surface area contributed by atoms with Crippen LogP contribution in [0.3, 0.4) is 0 Å². The van der Waals surface area contributed by atoms with Gasteiger partial charge in [-0.3, -0.25) is 9.78 Å². The van der Waals surface area contributed by atoms with E-state index in [2.05, 4.69) is 4.98 Å². The Kier molecular flexibility index (Phi) is 4.06.